The van der Waals surface area contributed by atoms with Crippen LogP contribution < -0.4 is 0 Å². The molecule has 4 rings (SSSR count). The number of aromatic nitrogens is 2. The van der Waals surface area contributed by atoms with Crippen molar-refractivity contribution in [2.45, 2.75) is 32.1 Å². The third kappa shape index (κ3) is 4.00. The second-order valence-electron chi connectivity index (χ2n) is 8.09. The molecule has 3 aliphatic heterocycles. The van der Waals surface area contributed by atoms with Gasteiger partial charge >= 0.3 is 0 Å². The standard InChI is InChI=1S/C20H27N5O3/c26-18-9-16(19(27)23-5-1-2-6-23)13-25(18)12-15-3-7-24(8-4-15)20(28)17-10-21-14-22-11-17/h10-11,14-16H,1-9,12-13H2. The van der Waals surface area contributed by atoms with E-state index < -0.39 is 0 Å². The Bertz CT molecular complexity index is 727. The fourth-order valence-corrected chi connectivity index (χ4v) is 4.53. The van der Waals surface area contributed by atoms with Gasteiger partial charge in [-0.2, -0.15) is 0 Å². The summed E-state index contributed by atoms with van der Waals surface area (Å²) in [5, 5.41) is 0. The summed E-state index contributed by atoms with van der Waals surface area (Å²) in [5.74, 6) is 0.412. The third-order valence-corrected chi connectivity index (χ3v) is 6.17. The lowest BCUT2D eigenvalue weighted by Gasteiger charge is -2.34. The van der Waals surface area contributed by atoms with Gasteiger partial charge in [-0.1, -0.05) is 0 Å². The van der Waals surface area contributed by atoms with Crippen LogP contribution in [0.4, 0.5) is 0 Å². The molecule has 0 N–H and O–H groups in total. The normalized spacial score (nSPS) is 23.5. The van der Waals surface area contributed by atoms with Gasteiger partial charge in [0, 0.05) is 58.1 Å². The molecule has 0 spiro atoms. The first-order chi connectivity index (χ1) is 13.6. The van der Waals surface area contributed by atoms with Crippen LogP contribution in [0.5, 0.6) is 0 Å². The quantitative estimate of drug-likeness (QED) is 0.765. The maximum Gasteiger partial charge on any atom is 0.256 e. The molecule has 3 fully saturated rings. The molecule has 1 unspecified atom stereocenters. The smallest absolute Gasteiger partial charge is 0.256 e. The number of carbonyl (C=O) groups excluding carboxylic acids is 3. The van der Waals surface area contributed by atoms with Gasteiger partial charge in [-0.3, -0.25) is 14.4 Å². The Morgan fingerprint density at radius 1 is 1.00 bits per heavy atom. The Morgan fingerprint density at radius 2 is 1.68 bits per heavy atom. The minimum Gasteiger partial charge on any atom is -0.342 e. The molecule has 0 aliphatic carbocycles. The average molecular weight is 385 g/mol. The van der Waals surface area contributed by atoms with Crippen LogP contribution >= 0.6 is 0 Å². The van der Waals surface area contributed by atoms with Crippen LogP contribution in [0.15, 0.2) is 18.7 Å². The minimum atomic E-state index is -0.176. The summed E-state index contributed by atoms with van der Waals surface area (Å²) in [6.07, 6.45) is 8.73. The zero-order valence-corrected chi connectivity index (χ0v) is 16.1. The number of likely N-dealkylation sites (tertiary alicyclic amines) is 3. The second kappa shape index (κ2) is 8.24. The summed E-state index contributed by atoms with van der Waals surface area (Å²) in [7, 11) is 0. The molecule has 0 saturated carbocycles. The highest BCUT2D eigenvalue weighted by Gasteiger charge is 2.38. The zero-order valence-electron chi connectivity index (χ0n) is 16.1. The number of hydrogen-bond acceptors (Lipinski definition) is 5. The molecule has 8 nitrogen and oxygen atoms in total. The molecule has 1 aromatic rings. The van der Waals surface area contributed by atoms with Gasteiger partial charge in [-0.15, -0.1) is 0 Å². The van der Waals surface area contributed by atoms with E-state index in [4.69, 9.17) is 0 Å². The summed E-state index contributed by atoms with van der Waals surface area (Å²) in [5.41, 5.74) is 0.513. The lowest BCUT2D eigenvalue weighted by atomic mass is 9.96. The lowest BCUT2D eigenvalue weighted by molar-refractivity contribution is -0.134. The zero-order chi connectivity index (χ0) is 19.5. The molecule has 0 bridgehead atoms. The Hall–Kier alpha value is -2.51. The highest BCUT2D eigenvalue weighted by molar-refractivity contribution is 5.93. The van der Waals surface area contributed by atoms with Crippen LogP contribution in [0.1, 0.15) is 42.5 Å². The maximum atomic E-state index is 12.6. The number of hydrogen-bond donors (Lipinski definition) is 0. The van der Waals surface area contributed by atoms with Crippen molar-refractivity contribution in [2.24, 2.45) is 11.8 Å². The SMILES string of the molecule is O=C1CC(C(=O)N2CCCC2)CN1CC1CCN(C(=O)c2cncnc2)CC1. The molecule has 3 saturated heterocycles. The van der Waals surface area contributed by atoms with Crippen molar-refractivity contribution < 1.29 is 14.4 Å². The maximum absolute atomic E-state index is 12.6. The van der Waals surface area contributed by atoms with E-state index in [0.29, 0.717) is 44.1 Å². The fraction of sp³-hybridized carbons (Fsp3) is 0.650. The van der Waals surface area contributed by atoms with Gasteiger partial charge in [0.15, 0.2) is 0 Å². The predicted octanol–water partition coefficient (Wildman–Crippen LogP) is 0.800. The van der Waals surface area contributed by atoms with E-state index in [1.165, 1.54) is 6.33 Å². The van der Waals surface area contributed by atoms with Crippen molar-refractivity contribution in [3.05, 3.63) is 24.3 Å². The van der Waals surface area contributed by atoms with Crippen LogP contribution in [0.25, 0.3) is 0 Å². The number of nitrogens with zero attached hydrogens (tertiary/aromatic N) is 5. The third-order valence-electron chi connectivity index (χ3n) is 6.17. The van der Waals surface area contributed by atoms with Crippen molar-refractivity contribution >= 4 is 17.7 Å². The lowest BCUT2D eigenvalue weighted by Crippen LogP contribution is -2.42. The number of carbonyl (C=O) groups is 3. The van der Waals surface area contributed by atoms with E-state index in [0.717, 1.165) is 38.8 Å². The molecule has 3 aliphatic rings. The first-order valence-electron chi connectivity index (χ1n) is 10.2. The summed E-state index contributed by atoms with van der Waals surface area (Å²) in [4.78, 5) is 50.9. The van der Waals surface area contributed by atoms with Gasteiger partial charge in [0.25, 0.3) is 5.91 Å². The van der Waals surface area contributed by atoms with Crippen LogP contribution in [0.3, 0.4) is 0 Å². The highest BCUT2D eigenvalue weighted by Crippen LogP contribution is 2.26. The molecule has 28 heavy (non-hydrogen) atoms. The van der Waals surface area contributed by atoms with Crippen LogP contribution in [-0.4, -0.2) is 81.7 Å². The Labute approximate surface area is 164 Å². The molecule has 4 heterocycles. The monoisotopic (exact) mass is 385 g/mol. The number of piperidine rings is 1. The van der Waals surface area contributed by atoms with Crippen LogP contribution in [0, 0.1) is 11.8 Å². The number of amides is 3. The van der Waals surface area contributed by atoms with E-state index in [9.17, 15) is 14.4 Å². The Morgan fingerprint density at radius 3 is 2.36 bits per heavy atom. The topological polar surface area (TPSA) is 86.7 Å². The molecule has 0 aromatic carbocycles. The Balaban J connectivity index is 1.26. The van der Waals surface area contributed by atoms with Crippen molar-refractivity contribution in [2.75, 3.05) is 39.3 Å². The van der Waals surface area contributed by atoms with Crippen LogP contribution in [0.2, 0.25) is 0 Å². The van der Waals surface area contributed by atoms with E-state index in [1.54, 1.807) is 12.4 Å². The van der Waals surface area contributed by atoms with Crippen molar-refractivity contribution in [3.63, 3.8) is 0 Å². The highest BCUT2D eigenvalue weighted by atomic mass is 16.2. The van der Waals surface area contributed by atoms with E-state index >= 15 is 0 Å². The van der Waals surface area contributed by atoms with Crippen LogP contribution in [-0.2, 0) is 9.59 Å². The van der Waals surface area contributed by atoms with E-state index in [1.807, 2.05) is 14.7 Å². The van der Waals surface area contributed by atoms with Gasteiger partial charge in [0.1, 0.15) is 6.33 Å². The second-order valence-corrected chi connectivity index (χ2v) is 8.09. The average Bonchev–Trinajstić information content (AvgIpc) is 3.39. The first kappa shape index (κ1) is 18.8. The first-order valence-corrected chi connectivity index (χ1v) is 10.2. The van der Waals surface area contributed by atoms with Crippen molar-refractivity contribution in [1.29, 1.82) is 0 Å². The van der Waals surface area contributed by atoms with E-state index in [-0.39, 0.29) is 23.6 Å². The minimum absolute atomic E-state index is 0.0347. The van der Waals surface area contributed by atoms with Gasteiger partial charge in [0.05, 0.1) is 11.5 Å². The summed E-state index contributed by atoms with van der Waals surface area (Å²) < 4.78 is 0. The van der Waals surface area contributed by atoms with E-state index in [2.05, 4.69) is 9.97 Å². The van der Waals surface area contributed by atoms with Crippen molar-refractivity contribution in [3.8, 4) is 0 Å². The molecule has 3 amide bonds. The summed E-state index contributed by atoms with van der Waals surface area (Å²) in [6.45, 7) is 4.27. The molecular formula is C20H27N5O3. The molecular weight excluding hydrogens is 358 g/mol. The molecule has 1 aromatic heterocycles. The molecule has 1 atom stereocenters. The largest absolute Gasteiger partial charge is 0.342 e. The summed E-state index contributed by atoms with van der Waals surface area (Å²) >= 11 is 0. The van der Waals surface area contributed by atoms with Crippen molar-refractivity contribution in [1.82, 2.24) is 24.7 Å². The predicted molar refractivity (Wildman–Crippen MR) is 101 cm³/mol. The van der Waals surface area contributed by atoms with Gasteiger partial charge in [-0.25, -0.2) is 9.97 Å². The van der Waals surface area contributed by atoms with Gasteiger partial charge in [-0.05, 0) is 31.6 Å². The Kier molecular flexibility index (Phi) is 5.54. The molecule has 150 valence electrons. The molecule has 0 radical (unpaired) electrons. The van der Waals surface area contributed by atoms with Gasteiger partial charge < -0.3 is 14.7 Å². The summed E-state index contributed by atoms with van der Waals surface area (Å²) in [6, 6.07) is 0. The fourth-order valence-electron chi connectivity index (χ4n) is 4.53. The van der Waals surface area contributed by atoms with Gasteiger partial charge in [0.2, 0.25) is 11.8 Å². The molecule has 8 heteroatoms. The number of rotatable bonds is 4.